The zero-order valence-electron chi connectivity index (χ0n) is 7.01. The lowest BCUT2D eigenvalue weighted by molar-refractivity contribution is -0.137. The lowest BCUT2D eigenvalue weighted by atomic mass is 10.1. The number of hydrogen-bond donors (Lipinski definition) is 0. The molecule has 0 bridgehead atoms. The standard InChI is InChI=1S/C9H6F3NS/c10-9(11,12)8-3-1-2-7(4-8)5-14-6-13/h1-4H,5H2. The first-order chi connectivity index (χ1) is 6.54. The summed E-state index contributed by atoms with van der Waals surface area (Å²) in [4.78, 5) is 0. The highest BCUT2D eigenvalue weighted by Gasteiger charge is 2.30. The van der Waals surface area contributed by atoms with Crippen LogP contribution in [0, 0.1) is 10.7 Å². The van der Waals surface area contributed by atoms with Crippen molar-refractivity contribution in [1.82, 2.24) is 0 Å². The highest BCUT2D eigenvalue weighted by molar-refractivity contribution is 8.02. The molecule has 0 aliphatic rings. The van der Waals surface area contributed by atoms with Gasteiger partial charge in [0.15, 0.2) is 0 Å². The molecule has 0 amide bonds. The molecule has 0 heterocycles. The van der Waals surface area contributed by atoms with E-state index in [2.05, 4.69) is 0 Å². The average molecular weight is 217 g/mol. The summed E-state index contributed by atoms with van der Waals surface area (Å²) in [5, 5.41) is 10.1. The quantitative estimate of drug-likeness (QED) is 0.709. The molecule has 14 heavy (non-hydrogen) atoms. The van der Waals surface area contributed by atoms with Gasteiger partial charge in [-0.3, -0.25) is 0 Å². The number of nitriles is 1. The molecule has 0 atom stereocenters. The number of nitrogens with zero attached hydrogens (tertiary/aromatic N) is 1. The summed E-state index contributed by atoms with van der Waals surface area (Å²) >= 11 is 0.919. The van der Waals surface area contributed by atoms with E-state index in [9.17, 15) is 13.2 Å². The Balaban J connectivity index is 2.86. The second kappa shape index (κ2) is 4.38. The highest BCUT2D eigenvalue weighted by Crippen LogP contribution is 2.30. The van der Waals surface area contributed by atoms with Crippen LogP contribution in [-0.4, -0.2) is 0 Å². The molecule has 0 aromatic heterocycles. The van der Waals surface area contributed by atoms with Crippen molar-refractivity contribution in [3.05, 3.63) is 35.4 Å². The molecule has 0 saturated heterocycles. The van der Waals surface area contributed by atoms with Gasteiger partial charge in [-0.1, -0.05) is 18.2 Å². The van der Waals surface area contributed by atoms with E-state index in [1.165, 1.54) is 6.07 Å². The first-order valence-corrected chi connectivity index (χ1v) is 4.69. The maximum Gasteiger partial charge on any atom is 0.416 e. The number of hydrogen-bond acceptors (Lipinski definition) is 2. The number of benzene rings is 1. The highest BCUT2D eigenvalue weighted by atomic mass is 32.2. The zero-order chi connectivity index (χ0) is 10.6. The molecule has 0 fully saturated rings. The molecule has 0 aliphatic carbocycles. The van der Waals surface area contributed by atoms with Gasteiger partial charge in [-0.2, -0.15) is 18.4 Å². The van der Waals surface area contributed by atoms with E-state index in [0.29, 0.717) is 5.56 Å². The third kappa shape index (κ3) is 2.96. The zero-order valence-corrected chi connectivity index (χ0v) is 7.82. The van der Waals surface area contributed by atoms with Gasteiger partial charge in [0.1, 0.15) is 5.40 Å². The topological polar surface area (TPSA) is 23.8 Å². The van der Waals surface area contributed by atoms with Crippen molar-refractivity contribution in [2.75, 3.05) is 0 Å². The Hall–Kier alpha value is -1.15. The Morgan fingerprint density at radius 2 is 2.07 bits per heavy atom. The maximum absolute atomic E-state index is 12.2. The first kappa shape index (κ1) is 10.9. The Morgan fingerprint density at radius 3 is 2.64 bits per heavy atom. The van der Waals surface area contributed by atoms with Gasteiger partial charge in [-0.15, -0.1) is 0 Å². The summed E-state index contributed by atoms with van der Waals surface area (Å²) < 4.78 is 36.7. The molecular weight excluding hydrogens is 211 g/mol. The van der Waals surface area contributed by atoms with Crippen LogP contribution in [0.5, 0.6) is 0 Å². The van der Waals surface area contributed by atoms with Crippen molar-refractivity contribution in [2.24, 2.45) is 0 Å². The molecule has 0 saturated carbocycles. The summed E-state index contributed by atoms with van der Waals surface area (Å²) in [6.07, 6.45) is -4.31. The predicted octanol–water partition coefficient (Wildman–Crippen LogP) is 3.42. The van der Waals surface area contributed by atoms with Gasteiger partial charge in [0, 0.05) is 5.75 Å². The molecule has 74 valence electrons. The lowest BCUT2D eigenvalue weighted by Gasteiger charge is -2.07. The molecule has 0 spiro atoms. The summed E-state index contributed by atoms with van der Waals surface area (Å²) in [5.41, 5.74) is -0.167. The van der Waals surface area contributed by atoms with Crippen molar-refractivity contribution in [3.63, 3.8) is 0 Å². The SMILES string of the molecule is N#CSCc1cccc(C(F)(F)F)c1. The number of alkyl halides is 3. The number of thiocyanates is 1. The van der Waals surface area contributed by atoms with Gasteiger partial charge in [-0.05, 0) is 23.4 Å². The molecule has 5 heteroatoms. The minimum Gasteiger partial charge on any atom is -0.185 e. The molecule has 1 aromatic rings. The van der Waals surface area contributed by atoms with Gasteiger partial charge in [-0.25, -0.2) is 0 Å². The molecule has 0 aliphatic heterocycles. The van der Waals surface area contributed by atoms with Crippen LogP contribution in [0.4, 0.5) is 13.2 Å². The van der Waals surface area contributed by atoms with Crippen molar-refractivity contribution in [2.45, 2.75) is 11.9 Å². The van der Waals surface area contributed by atoms with Gasteiger partial charge in [0.2, 0.25) is 0 Å². The Morgan fingerprint density at radius 1 is 1.36 bits per heavy atom. The van der Waals surface area contributed by atoms with Crippen molar-refractivity contribution in [1.29, 1.82) is 5.26 Å². The van der Waals surface area contributed by atoms with Crippen LogP contribution in [0.1, 0.15) is 11.1 Å². The van der Waals surface area contributed by atoms with E-state index in [0.717, 1.165) is 23.9 Å². The van der Waals surface area contributed by atoms with Gasteiger partial charge in [0.25, 0.3) is 0 Å². The average Bonchev–Trinajstić information content (AvgIpc) is 2.14. The Labute approximate surface area is 83.5 Å². The largest absolute Gasteiger partial charge is 0.416 e. The summed E-state index contributed by atoms with van der Waals surface area (Å²) in [7, 11) is 0. The minimum absolute atomic E-state index is 0.278. The maximum atomic E-state index is 12.2. The fraction of sp³-hybridized carbons (Fsp3) is 0.222. The van der Waals surface area contributed by atoms with Crippen LogP contribution >= 0.6 is 11.8 Å². The van der Waals surface area contributed by atoms with Crippen LogP contribution in [0.3, 0.4) is 0 Å². The van der Waals surface area contributed by atoms with Crippen LogP contribution in [-0.2, 0) is 11.9 Å². The van der Waals surface area contributed by atoms with E-state index >= 15 is 0 Å². The molecule has 1 aromatic carbocycles. The van der Waals surface area contributed by atoms with Crippen LogP contribution < -0.4 is 0 Å². The fourth-order valence-electron chi connectivity index (χ4n) is 0.953. The molecular formula is C9H6F3NS. The van der Waals surface area contributed by atoms with Crippen molar-refractivity contribution >= 4 is 11.8 Å². The normalized spacial score (nSPS) is 11.0. The van der Waals surface area contributed by atoms with E-state index in [-0.39, 0.29) is 5.75 Å². The number of halogens is 3. The molecule has 0 radical (unpaired) electrons. The van der Waals surface area contributed by atoms with Crippen molar-refractivity contribution < 1.29 is 13.2 Å². The minimum atomic E-state index is -4.31. The van der Waals surface area contributed by atoms with E-state index in [4.69, 9.17) is 5.26 Å². The Kier molecular flexibility index (Phi) is 3.42. The second-order valence-electron chi connectivity index (χ2n) is 2.58. The lowest BCUT2D eigenvalue weighted by Crippen LogP contribution is -2.04. The fourth-order valence-corrected chi connectivity index (χ4v) is 1.36. The third-order valence-corrected chi connectivity index (χ3v) is 2.16. The van der Waals surface area contributed by atoms with Crippen LogP contribution in [0.25, 0.3) is 0 Å². The van der Waals surface area contributed by atoms with E-state index < -0.39 is 11.7 Å². The number of rotatable bonds is 2. The third-order valence-electron chi connectivity index (χ3n) is 1.56. The molecule has 1 rings (SSSR count). The molecule has 0 unspecified atom stereocenters. The predicted molar refractivity (Wildman–Crippen MR) is 48.4 cm³/mol. The van der Waals surface area contributed by atoms with Crippen molar-refractivity contribution in [3.8, 4) is 5.40 Å². The first-order valence-electron chi connectivity index (χ1n) is 3.71. The summed E-state index contributed by atoms with van der Waals surface area (Å²) in [5.74, 6) is 0.278. The monoisotopic (exact) mass is 217 g/mol. The van der Waals surface area contributed by atoms with Crippen LogP contribution in [0.2, 0.25) is 0 Å². The van der Waals surface area contributed by atoms with Crippen LogP contribution in [0.15, 0.2) is 24.3 Å². The molecule has 1 nitrogen and oxygen atoms in total. The van der Waals surface area contributed by atoms with E-state index in [1.807, 2.05) is 5.40 Å². The Bertz CT molecular complexity index is 354. The second-order valence-corrected chi connectivity index (χ2v) is 3.34. The van der Waals surface area contributed by atoms with Gasteiger partial charge in [0.05, 0.1) is 5.56 Å². The number of thioether (sulfide) groups is 1. The summed E-state index contributed by atoms with van der Waals surface area (Å²) in [6.45, 7) is 0. The summed E-state index contributed by atoms with van der Waals surface area (Å²) in [6, 6.07) is 4.99. The van der Waals surface area contributed by atoms with E-state index in [1.54, 1.807) is 6.07 Å². The molecule has 0 N–H and O–H groups in total. The van der Waals surface area contributed by atoms with Gasteiger partial charge < -0.3 is 0 Å². The van der Waals surface area contributed by atoms with Gasteiger partial charge >= 0.3 is 6.18 Å². The smallest absolute Gasteiger partial charge is 0.185 e.